The van der Waals surface area contributed by atoms with Crippen LogP contribution in [0, 0.1) is 11.5 Å². The van der Waals surface area contributed by atoms with Crippen molar-refractivity contribution in [1.82, 2.24) is 9.80 Å². The van der Waals surface area contributed by atoms with Gasteiger partial charge in [0.05, 0.1) is 6.61 Å². The van der Waals surface area contributed by atoms with Crippen LogP contribution < -0.4 is 0 Å². The van der Waals surface area contributed by atoms with Crippen LogP contribution >= 0.6 is 11.8 Å². The number of amidine groups is 1. The van der Waals surface area contributed by atoms with Gasteiger partial charge >= 0.3 is 0 Å². The zero-order valence-electron chi connectivity index (χ0n) is 8.89. The summed E-state index contributed by atoms with van der Waals surface area (Å²) in [5.41, 5.74) is 0. The van der Waals surface area contributed by atoms with Gasteiger partial charge in [0, 0.05) is 32.7 Å². The average Bonchev–Trinajstić information content (AvgIpc) is 2.28. The first kappa shape index (κ1) is 12.3. The molecule has 0 amide bonds. The molecule has 6 heteroatoms. The summed E-state index contributed by atoms with van der Waals surface area (Å²) in [6.07, 6.45) is 3.75. The first-order valence-corrected chi connectivity index (χ1v) is 6.13. The summed E-state index contributed by atoms with van der Waals surface area (Å²) >= 11 is 1.50. The second-order valence-corrected chi connectivity index (χ2v) is 4.02. The highest BCUT2D eigenvalue weighted by Crippen LogP contribution is 2.09. The van der Waals surface area contributed by atoms with Gasteiger partial charge in [-0.3, -0.25) is 4.90 Å². The highest BCUT2D eigenvalue weighted by molar-refractivity contribution is 8.13. The lowest BCUT2D eigenvalue weighted by atomic mass is 10.3. The zero-order valence-corrected chi connectivity index (χ0v) is 9.70. The minimum atomic E-state index is 0.210. The summed E-state index contributed by atoms with van der Waals surface area (Å²) in [4.78, 5) is 8.10. The lowest BCUT2D eigenvalue weighted by Gasteiger charge is -2.35. The van der Waals surface area contributed by atoms with Crippen LogP contribution in [0.15, 0.2) is 4.99 Å². The van der Waals surface area contributed by atoms with Crippen LogP contribution in [-0.4, -0.2) is 65.7 Å². The Morgan fingerprint density at radius 3 is 2.60 bits per heavy atom. The molecule has 0 radical (unpaired) electrons. The molecular formula is C9H16N4OS. The summed E-state index contributed by atoms with van der Waals surface area (Å²) < 4.78 is 0. The molecule has 1 saturated heterocycles. The van der Waals surface area contributed by atoms with E-state index < -0.39 is 0 Å². The van der Waals surface area contributed by atoms with Crippen molar-refractivity contribution in [2.24, 2.45) is 4.99 Å². The zero-order chi connectivity index (χ0) is 11.1. The lowest BCUT2D eigenvalue weighted by molar-refractivity contribution is 0.148. The fourth-order valence-corrected chi connectivity index (χ4v) is 2.17. The van der Waals surface area contributed by atoms with Crippen LogP contribution in [0.25, 0.3) is 0 Å². The topological polar surface area (TPSA) is 62.9 Å². The number of rotatable bonds is 2. The van der Waals surface area contributed by atoms with Crippen molar-refractivity contribution in [3.8, 4) is 6.19 Å². The number of hydrogen-bond acceptors (Lipinski definition) is 5. The summed E-state index contributed by atoms with van der Waals surface area (Å²) in [5, 5.41) is 18.1. The Bertz CT molecular complexity index is 255. The number of aliphatic hydroxyl groups is 1. The molecule has 1 heterocycles. The van der Waals surface area contributed by atoms with Crippen molar-refractivity contribution in [2.45, 2.75) is 0 Å². The fraction of sp³-hybridized carbons (Fsp3) is 0.778. The summed E-state index contributed by atoms with van der Waals surface area (Å²) in [6, 6.07) is 0. The third-order valence-corrected chi connectivity index (χ3v) is 3.10. The predicted octanol–water partition coefficient (Wildman–Crippen LogP) is -0.204. The SMILES string of the molecule is CS/C(=N\C#N)N1CCN(CCO)CC1. The van der Waals surface area contributed by atoms with Crippen molar-refractivity contribution in [1.29, 1.82) is 5.26 Å². The molecule has 84 valence electrons. The van der Waals surface area contributed by atoms with E-state index >= 15 is 0 Å². The first-order chi connectivity index (χ1) is 7.31. The Morgan fingerprint density at radius 1 is 1.47 bits per heavy atom. The molecule has 1 rings (SSSR count). The van der Waals surface area contributed by atoms with Gasteiger partial charge in [0.25, 0.3) is 0 Å². The van der Waals surface area contributed by atoms with Gasteiger partial charge in [-0.2, -0.15) is 5.26 Å². The molecule has 0 aromatic heterocycles. The maximum atomic E-state index is 8.80. The lowest BCUT2D eigenvalue weighted by Crippen LogP contribution is -2.48. The smallest absolute Gasteiger partial charge is 0.208 e. The molecule has 1 aliphatic heterocycles. The van der Waals surface area contributed by atoms with Crippen molar-refractivity contribution in [3.05, 3.63) is 0 Å². The van der Waals surface area contributed by atoms with E-state index in [1.165, 1.54) is 11.8 Å². The van der Waals surface area contributed by atoms with Crippen molar-refractivity contribution >= 4 is 16.9 Å². The molecule has 0 aromatic rings. The van der Waals surface area contributed by atoms with Crippen molar-refractivity contribution < 1.29 is 5.11 Å². The Balaban J connectivity index is 2.43. The Labute approximate surface area is 94.4 Å². The Hall–Kier alpha value is -0.770. The van der Waals surface area contributed by atoms with Gasteiger partial charge in [-0.1, -0.05) is 11.8 Å². The number of nitriles is 1. The van der Waals surface area contributed by atoms with Crippen LogP contribution in [0.2, 0.25) is 0 Å². The highest BCUT2D eigenvalue weighted by atomic mass is 32.2. The van der Waals surface area contributed by atoms with E-state index in [2.05, 4.69) is 14.8 Å². The number of hydrogen-bond donors (Lipinski definition) is 1. The van der Waals surface area contributed by atoms with Crippen LogP contribution in [0.5, 0.6) is 0 Å². The van der Waals surface area contributed by atoms with Gasteiger partial charge < -0.3 is 10.0 Å². The summed E-state index contributed by atoms with van der Waals surface area (Å²) in [7, 11) is 0. The highest BCUT2D eigenvalue weighted by Gasteiger charge is 2.18. The Morgan fingerprint density at radius 2 is 2.13 bits per heavy atom. The molecule has 0 bridgehead atoms. The summed E-state index contributed by atoms with van der Waals surface area (Å²) in [5.74, 6) is 0. The molecular weight excluding hydrogens is 212 g/mol. The minimum absolute atomic E-state index is 0.210. The van der Waals surface area contributed by atoms with Gasteiger partial charge in [0.15, 0.2) is 5.17 Å². The minimum Gasteiger partial charge on any atom is -0.395 e. The van der Waals surface area contributed by atoms with Crippen LogP contribution in [-0.2, 0) is 0 Å². The van der Waals surface area contributed by atoms with Crippen molar-refractivity contribution in [3.63, 3.8) is 0 Å². The van der Waals surface area contributed by atoms with Crippen LogP contribution in [0.4, 0.5) is 0 Å². The monoisotopic (exact) mass is 228 g/mol. The Kier molecular flexibility index (Phi) is 5.47. The quantitative estimate of drug-likeness (QED) is 0.403. The molecule has 0 saturated carbocycles. The molecule has 0 spiro atoms. The molecule has 0 aliphatic carbocycles. The fourth-order valence-electron chi connectivity index (χ4n) is 1.59. The third kappa shape index (κ3) is 3.70. The molecule has 0 aromatic carbocycles. The van der Waals surface area contributed by atoms with Crippen molar-refractivity contribution in [2.75, 3.05) is 45.6 Å². The third-order valence-electron chi connectivity index (χ3n) is 2.39. The molecule has 0 atom stereocenters. The van der Waals surface area contributed by atoms with E-state index in [4.69, 9.17) is 10.4 Å². The molecule has 0 unspecified atom stereocenters. The number of thioether (sulfide) groups is 1. The molecule has 1 aliphatic rings. The van der Waals surface area contributed by atoms with Gasteiger partial charge in [-0.15, -0.1) is 4.99 Å². The second-order valence-electron chi connectivity index (χ2n) is 3.25. The van der Waals surface area contributed by atoms with E-state index in [1.807, 2.05) is 12.4 Å². The van der Waals surface area contributed by atoms with Crippen LogP contribution in [0.3, 0.4) is 0 Å². The molecule has 5 nitrogen and oxygen atoms in total. The number of β-amino-alcohol motifs (C(OH)–C–C–N with tert-alkyl or cyclic N) is 1. The van der Waals surface area contributed by atoms with E-state index in [9.17, 15) is 0 Å². The molecule has 1 N–H and O–H groups in total. The first-order valence-electron chi connectivity index (χ1n) is 4.90. The number of piperazine rings is 1. The van der Waals surface area contributed by atoms with Gasteiger partial charge in [-0.25, -0.2) is 0 Å². The predicted molar refractivity (Wildman–Crippen MR) is 61.7 cm³/mol. The number of nitrogens with zero attached hydrogens (tertiary/aromatic N) is 4. The van der Waals surface area contributed by atoms with Gasteiger partial charge in [0.2, 0.25) is 6.19 Å². The molecule has 1 fully saturated rings. The maximum Gasteiger partial charge on any atom is 0.208 e. The summed E-state index contributed by atoms with van der Waals surface area (Å²) in [6.45, 7) is 4.54. The largest absolute Gasteiger partial charge is 0.395 e. The second kappa shape index (κ2) is 6.67. The van der Waals surface area contributed by atoms with Crippen LogP contribution in [0.1, 0.15) is 0 Å². The normalized spacial score (nSPS) is 19.0. The van der Waals surface area contributed by atoms with E-state index in [1.54, 1.807) is 0 Å². The average molecular weight is 228 g/mol. The number of aliphatic imine (C=N–C) groups is 1. The van der Waals surface area contributed by atoms with Gasteiger partial charge in [-0.05, 0) is 6.26 Å². The van der Waals surface area contributed by atoms with E-state index in [-0.39, 0.29) is 6.61 Å². The van der Waals surface area contributed by atoms with E-state index in [0.29, 0.717) is 0 Å². The standard InChI is InChI=1S/C9H16N4OS/c1-15-9(11-8-10)13-4-2-12(3-5-13)6-7-14/h14H,2-7H2,1H3/b11-9-. The van der Waals surface area contributed by atoms with Gasteiger partial charge in [0.1, 0.15) is 0 Å². The maximum absolute atomic E-state index is 8.80. The molecule has 15 heavy (non-hydrogen) atoms. The number of aliphatic hydroxyl groups excluding tert-OH is 1. The van der Waals surface area contributed by atoms with E-state index in [0.717, 1.165) is 37.9 Å².